The highest BCUT2D eigenvalue weighted by Crippen LogP contribution is 2.67. The van der Waals surface area contributed by atoms with Crippen molar-refractivity contribution in [3.8, 4) is 5.75 Å². The van der Waals surface area contributed by atoms with Gasteiger partial charge in [0.25, 0.3) is 0 Å². The van der Waals surface area contributed by atoms with E-state index >= 15 is 0 Å². The van der Waals surface area contributed by atoms with E-state index in [0.717, 1.165) is 37.4 Å². The van der Waals surface area contributed by atoms with Gasteiger partial charge in [-0.05, 0) is 37.9 Å². The lowest BCUT2D eigenvalue weighted by Gasteiger charge is -2.64. The molecular formula is C25H34N2O5. The van der Waals surface area contributed by atoms with Gasteiger partial charge >= 0.3 is 5.97 Å². The number of carbonyl (C=O) groups is 1. The van der Waals surface area contributed by atoms with E-state index in [2.05, 4.69) is 34.9 Å². The molecule has 3 aliphatic heterocycles. The fourth-order valence-electron chi connectivity index (χ4n) is 7.76. The number of esters is 1. The minimum absolute atomic E-state index is 0.105. The predicted octanol–water partition coefficient (Wildman–Crippen LogP) is 2.11. The zero-order valence-electron chi connectivity index (χ0n) is 19.6. The van der Waals surface area contributed by atoms with Gasteiger partial charge < -0.3 is 24.2 Å². The number of hydrogen-bond donors (Lipinski definition) is 1. The molecular weight excluding hydrogens is 408 g/mol. The summed E-state index contributed by atoms with van der Waals surface area (Å²) in [5, 5.41) is 12.5. The van der Waals surface area contributed by atoms with Gasteiger partial charge in [0, 0.05) is 48.8 Å². The number of methoxy groups -OCH3 is 2. The van der Waals surface area contributed by atoms with Gasteiger partial charge in [-0.3, -0.25) is 4.90 Å². The molecule has 1 saturated carbocycles. The summed E-state index contributed by atoms with van der Waals surface area (Å²) in [6.07, 6.45) is 5.27. The van der Waals surface area contributed by atoms with Crippen molar-refractivity contribution in [3.05, 3.63) is 35.9 Å². The predicted molar refractivity (Wildman–Crippen MR) is 121 cm³/mol. The number of benzene rings is 1. The molecule has 6 atom stereocenters. The van der Waals surface area contributed by atoms with Crippen LogP contribution in [0.4, 0.5) is 5.69 Å². The lowest BCUT2D eigenvalue weighted by molar-refractivity contribution is -0.229. The molecule has 1 saturated heterocycles. The van der Waals surface area contributed by atoms with Gasteiger partial charge in [-0.25, -0.2) is 4.79 Å². The summed E-state index contributed by atoms with van der Waals surface area (Å²) in [5.74, 6) is 0.129. The standard InChI is InChI=1S/C25H34N2O5/c1-6-23-11-8-13-27-14-12-24(19(23)27)17-10-9-16(30-4)15-18(17)26(3)20(24)25(29,22(28)31-5)21(23)32-7-2/h8-11,15,19-21,29H,6-7,12-14H2,1-5H3/t19-,20+,21+,23+,24+,25-/m0/s1. The van der Waals surface area contributed by atoms with Gasteiger partial charge in [-0.15, -0.1) is 0 Å². The normalized spacial score (nSPS) is 39.4. The molecule has 0 amide bonds. The molecule has 0 radical (unpaired) electrons. The number of rotatable bonds is 5. The maximum absolute atomic E-state index is 13.5. The van der Waals surface area contributed by atoms with E-state index in [0.29, 0.717) is 6.61 Å². The zero-order valence-corrected chi connectivity index (χ0v) is 19.6. The largest absolute Gasteiger partial charge is 0.497 e. The van der Waals surface area contributed by atoms with Gasteiger partial charge in [0.1, 0.15) is 11.9 Å². The monoisotopic (exact) mass is 442 g/mol. The fourth-order valence-corrected chi connectivity index (χ4v) is 7.76. The van der Waals surface area contributed by atoms with Crippen LogP contribution in [0.3, 0.4) is 0 Å². The van der Waals surface area contributed by atoms with E-state index in [1.807, 2.05) is 26.1 Å². The van der Waals surface area contributed by atoms with Crippen LogP contribution in [0.2, 0.25) is 0 Å². The highest BCUT2D eigenvalue weighted by atomic mass is 16.6. The van der Waals surface area contributed by atoms with E-state index < -0.39 is 34.5 Å². The first-order valence-corrected chi connectivity index (χ1v) is 11.6. The Bertz CT molecular complexity index is 966. The number of aliphatic hydroxyl groups is 1. The Kier molecular flexibility index (Phi) is 4.89. The van der Waals surface area contributed by atoms with Crippen LogP contribution in [-0.4, -0.2) is 80.7 Å². The van der Waals surface area contributed by atoms with Crippen LogP contribution in [0.15, 0.2) is 30.4 Å². The smallest absolute Gasteiger partial charge is 0.342 e. The highest BCUT2D eigenvalue weighted by Gasteiger charge is 2.79. The molecule has 4 aliphatic rings. The Morgan fingerprint density at radius 1 is 1.25 bits per heavy atom. The fraction of sp³-hybridized carbons (Fsp3) is 0.640. The molecule has 1 aromatic rings. The number of fused-ring (bicyclic) bond motifs is 1. The number of anilines is 1. The summed E-state index contributed by atoms with van der Waals surface area (Å²) in [6.45, 7) is 6.22. The van der Waals surface area contributed by atoms with E-state index in [9.17, 15) is 9.90 Å². The molecule has 1 aliphatic carbocycles. The molecule has 0 aromatic heterocycles. The quantitative estimate of drug-likeness (QED) is 0.553. The van der Waals surface area contributed by atoms with Gasteiger partial charge in [0.05, 0.1) is 20.3 Å². The van der Waals surface area contributed by atoms with Crippen molar-refractivity contribution in [2.24, 2.45) is 5.41 Å². The average Bonchev–Trinajstić information content (AvgIpc) is 3.33. The van der Waals surface area contributed by atoms with Crippen molar-refractivity contribution < 1.29 is 24.1 Å². The first-order chi connectivity index (χ1) is 15.4. The molecule has 1 spiro atoms. The van der Waals surface area contributed by atoms with Gasteiger partial charge in [-0.2, -0.15) is 0 Å². The Labute approximate surface area is 189 Å². The van der Waals surface area contributed by atoms with Crippen LogP contribution in [0.1, 0.15) is 32.3 Å². The van der Waals surface area contributed by atoms with E-state index in [1.165, 1.54) is 12.7 Å². The van der Waals surface area contributed by atoms with Crippen LogP contribution in [-0.2, 0) is 19.7 Å². The van der Waals surface area contributed by atoms with Crippen molar-refractivity contribution >= 4 is 11.7 Å². The van der Waals surface area contributed by atoms with Crippen LogP contribution in [0.5, 0.6) is 5.75 Å². The van der Waals surface area contributed by atoms with E-state index in [-0.39, 0.29) is 6.04 Å². The highest BCUT2D eigenvalue weighted by molar-refractivity contribution is 5.86. The van der Waals surface area contributed by atoms with E-state index in [4.69, 9.17) is 14.2 Å². The van der Waals surface area contributed by atoms with Crippen LogP contribution in [0.25, 0.3) is 0 Å². The molecule has 1 aromatic carbocycles. The molecule has 7 heteroatoms. The topological polar surface area (TPSA) is 71.5 Å². The Hall–Kier alpha value is -2.09. The number of ether oxygens (including phenoxy) is 3. The van der Waals surface area contributed by atoms with Crippen molar-refractivity contribution in [2.75, 3.05) is 45.9 Å². The third-order valence-corrected chi connectivity index (χ3v) is 8.67. The maximum Gasteiger partial charge on any atom is 0.342 e. The maximum atomic E-state index is 13.5. The summed E-state index contributed by atoms with van der Waals surface area (Å²) in [7, 11) is 4.97. The first kappa shape index (κ1) is 21.7. The SMILES string of the molecule is CCO[C@@H]1[C@]2(CC)C=CCN3CC[C@@]4(c5ccc(OC)cc5N(C)[C@H]4[C@@]1(O)C(=O)OC)[C@@H]32. The summed E-state index contributed by atoms with van der Waals surface area (Å²) >= 11 is 0. The van der Waals surface area contributed by atoms with Crippen molar-refractivity contribution in [1.82, 2.24) is 4.90 Å². The molecule has 1 N–H and O–H groups in total. The average molecular weight is 443 g/mol. The molecule has 5 rings (SSSR count). The minimum Gasteiger partial charge on any atom is -0.497 e. The number of carbonyl (C=O) groups excluding carboxylic acids is 1. The number of likely N-dealkylation sites (N-methyl/N-ethyl adjacent to an activating group) is 1. The first-order valence-electron chi connectivity index (χ1n) is 11.6. The second-order valence-corrected chi connectivity index (χ2v) is 9.60. The molecule has 3 heterocycles. The molecule has 2 fully saturated rings. The van der Waals surface area contributed by atoms with Gasteiger partial charge in [0.2, 0.25) is 5.60 Å². The number of nitrogens with zero attached hydrogens (tertiary/aromatic N) is 2. The summed E-state index contributed by atoms with van der Waals surface area (Å²) in [6, 6.07) is 5.73. The number of hydrogen-bond acceptors (Lipinski definition) is 7. The van der Waals surface area contributed by atoms with E-state index in [1.54, 1.807) is 7.11 Å². The third-order valence-electron chi connectivity index (χ3n) is 8.67. The van der Waals surface area contributed by atoms with Gasteiger partial charge in [-0.1, -0.05) is 25.1 Å². The van der Waals surface area contributed by atoms with Crippen LogP contribution in [0, 0.1) is 5.41 Å². The Balaban J connectivity index is 1.85. The van der Waals surface area contributed by atoms with Crippen molar-refractivity contribution in [2.45, 2.75) is 55.9 Å². The molecule has 32 heavy (non-hydrogen) atoms. The molecule has 7 nitrogen and oxygen atoms in total. The lowest BCUT2D eigenvalue weighted by Crippen LogP contribution is -2.81. The van der Waals surface area contributed by atoms with Crippen molar-refractivity contribution in [3.63, 3.8) is 0 Å². The lowest BCUT2D eigenvalue weighted by atomic mass is 9.47. The summed E-state index contributed by atoms with van der Waals surface area (Å²) in [4.78, 5) is 18.1. The van der Waals surface area contributed by atoms with Crippen LogP contribution < -0.4 is 9.64 Å². The zero-order chi connectivity index (χ0) is 22.9. The Morgan fingerprint density at radius 3 is 2.69 bits per heavy atom. The molecule has 0 unspecified atom stereocenters. The second-order valence-electron chi connectivity index (χ2n) is 9.60. The second kappa shape index (κ2) is 7.20. The van der Waals surface area contributed by atoms with Crippen LogP contribution >= 0.6 is 0 Å². The summed E-state index contributed by atoms with van der Waals surface area (Å²) in [5.41, 5.74) is -0.630. The Morgan fingerprint density at radius 2 is 2.03 bits per heavy atom. The third kappa shape index (κ3) is 2.29. The minimum atomic E-state index is -1.84. The molecule has 0 bridgehead atoms. The van der Waals surface area contributed by atoms with Gasteiger partial charge in [0.15, 0.2) is 0 Å². The summed E-state index contributed by atoms with van der Waals surface area (Å²) < 4.78 is 17.1. The molecule has 174 valence electrons. The van der Waals surface area contributed by atoms with Crippen molar-refractivity contribution in [1.29, 1.82) is 0 Å².